The molecule has 0 fully saturated rings. The molecule has 0 amide bonds. The van der Waals surface area contributed by atoms with Crippen LogP contribution in [0, 0.1) is 5.82 Å². The maximum absolute atomic E-state index is 13.9. The molecule has 1 aromatic rings. The van der Waals surface area contributed by atoms with Gasteiger partial charge in [0.2, 0.25) is 10.0 Å². The first-order chi connectivity index (χ1) is 9.59. The monoisotopic (exact) mass is 384 g/mol. The van der Waals surface area contributed by atoms with Crippen molar-refractivity contribution in [2.75, 3.05) is 26.0 Å². The first-order valence-corrected chi connectivity index (χ1v) is 8.32. The van der Waals surface area contributed by atoms with Crippen LogP contribution >= 0.6 is 15.9 Å². The van der Waals surface area contributed by atoms with E-state index in [0.717, 1.165) is 6.07 Å². The standard InChI is InChI=1S/C12H18BrFN2O4S/c1-12(17,3-4-20-2)7-16-21(18,19)10-6-8(15)5-9(13)11(10)14/h5-6,16-17H,3-4,7,15H2,1-2H3. The van der Waals surface area contributed by atoms with Crippen molar-refractivity contribution in [3.05, 3.63) is 22.4 Å². The molecule has 0 spiro atoms. The molecule has 1 rings (SSSR count). The Morgan fingerprint density at radius 3 is 2.71 bits per heavy atom. The fraction of sp³-hybridized carbons (Fsp3) is 0.500. The van der Waals surface area contributed by atoms with E-state index in [1.807, 2.05) is 0 Å². The summed E-state index contributed by atoms with van der Waals surface area (Å²) >= 11 is 2.90. The lowest BCUT2D eigenvalue weighted by Gasteiger charge is -2.23. The topological polar surface area (TPSA) is 102 Å². The predicted octanol–water partition coefficient (Wildman–Crippen LogP) is 1.24. The zero-order valence-corrected chi connectivity index (χ0v) is 14.1. The van der Waals surface area contributed by atoms with Crippen molar-refractivity contribution in [3.8, 4) is 0 Å². The van der Waals surface area contributed by atoms with Crippen LogP contribution in [0.5, 0.6) is 0 Å². The van der Waals surface area contributed by atoms with Gasteiger partial charge < -0.3 is 15.6 Å². The number of nitrogens with two attached hydrogens (primary N) is 1. The second-order valence-corrected chi connectivity index (χ2v) is 7.47. The second kappa shape index (κ2) is 7.01. The SMILES string of the molecule is COCCC(C)(O)CNS(=O)(=O)c1cc(N)cc(Br)c1F. The largest absolute Gasteiger partial charge is 0.399 e. The zero-order valence-electron chi connectivity index (χ0n) is 11.7. The summed E-state index contributed by atoms with van der Waals surface area (Å²) in [6, 6.07) is 2.29. The first-order valence-electron chi connectivity index (χ1n) is 6.04. The second-order valence-electron chi connectivity index (χ2n) is 4.88. The van der Waals surface area contributed by atoms with Gasteiger partial charge in [0.25, 0.3) is 0 Å². The van der Waals surface area contributed by atoms with E-state index in [4.69, 9.17) is 10.5 Å². The summed E-state index contributed by atoms with van der Waals surface area (Å²) in [5.41, 5.74) is 4.32. The summed E-state index contributed by atoms with van der Waals surface area (Å²) in [5.74, 6) is -0.937. The first kappa shape index (κ1) is 18.3. The molecule has 0 aromatic heterocycles. The number of ether oxygens (including phenoxy) is 1. The third-order valence-electron chi connectivity index (χ3n) is 2.79. The highest BCUT2D eigenvalue weighted by atomic mass is 79.9. The Labute approximate surface area is 131 Å². The van der Waals surface area contributed by atoms with E-state index in [9.17, 15) is 17.9 Å². The maximum atomic E-state index is 13.9. The number of rotatable bonds is 7. The third-order valence-corrected chi connectivity index (χ3v) is 4.77. The lowest BCUT2D eigenvalue weighted by Crippen LogP contribution is -2.41. The average Bonchev–Trinajstić information content (AvgIpc) is 2.38. The molecule has 0 heterocycles. The Morgan fingerprint density at radius 2 is 2.14 bits per heavy atom. The fourth-order valence-corrected chi connectivity index (χ4v) is 3.42. The number of nitrogens with one attached hydrogen (secondary N) is 1. The van der Waals surface area contributed by atoms with E-state index in [1.54, 1.807) is 0 Å². The lowest BCUT2D eigenvalue weighted by molar-refractivity contribution is 0.0292. The normalized spacial score (nSPS) is 14.9. The molecule has 0 aliphatic rings. The maximum Gasteiger partial charge on any atom is 0.243 e. The average molecular weight is 385 g/mol. The highest BCUT2D eigenvalue weighted by Gasteiger charge is 2.26. The van der Waals surface area contributed by atoms with Crippen molar-refractivity contribution in [1.29, 1.82) is 0 Å². The molecule has 0 aliphatic heterocycles. The number of hydrogen-bond donors (Lipinski definition) is 3. The van der Waals surface area contributed by atoms with Crippen molar-refractivity contribution in [3.63, 3.8) is 0 Å². The van der Waals surface area contributed by atoms with Gasteiger partial charge in [-0.25, -0.2) is 17.5 Å². The molecule has 21 heavy (non-hydrogen) atoms. The van der Waals surface area contributed by atoms with Crippen LogP contribution in [-0.2, 0) is 14.8 Å². The van der Waals surface area contributed by atoms with Crippen LogP contribution in [0.25, 0.3) is 0 Å². The van der Waals surface area contributed by atoms with Crippen LogP contribution in [-0.4, -0.2) is 39.4 Å². The molecular formula is C12H18BrFN2O4S. The van der Waals surface area contributed by atoms with Gasteiger partial charge in [-0.1, -0.05) is 0 Å². The summed E-state index contributed by atoms with van der Waals surface area (Å²) in [6.45, 7) is 1.46. The smallest absolute Gasteiger partial charge is 0.243 e. The van der Waals surface area contributed by atoms with Crippen LogP contribution in [0.3, 0.4) is 0 Å². The van der Waals surface area contributed by atoms with Gasteiger partial charge in [-0.3, -0.25) is 0 Å². The molecule has 0 saturated heterocycles. The molecule has 1 atom stereocenters. The van der Waals surface area contributed by atoms with Crippen LogP contribution < -0.4 is 10.5 Å². The Balaban J connectivity index is 2.93. The van der Waals surface area contributed by atoms with Crippen molar-refractivity contribution in [1.82, 2.24) is 4.72 Å². The van der Waals surface area contributed by atoms with E-state index in [-0.39, 0.29) is 29.7 Å². The molecule has 4 N–H and O–H groups in total. The Morgan fingerprint density at radius 1 is 1.52 bits per heavy atom. The number of halogens is 2. The molecule has 0 saturated carbocycles. The van der Waals surface area contributed by atoms with E-state index < -0.39 is 26.3 Å². The third kappa shape index (κ3) is 5.19. The van der Waals surface area contributed by atoms with Crippen LogP contribution in [0.4, 0.5) is 10.1 Å². The van der Waals surface area contributed by atoms with Gasteiger partial charge in [0.15, 0.2) is 5.82 Å². The van der Waals surface area contributed by atoms with Crippen LogP contribution in [0.15, 0.2) is 21.5 Å². The summed E-state index contributed by atoms with van der Waals surface area (Å²) in [6.07, 6.45) is 0.231. The molecule has 1 aromatic carbocycles. The Kier molecular flexibility index (Phi) is 6.11. The molecular weight excluding hydrogens is 367 g/mol. The van der Waals surface area contributed by atoms with Gasteiger partial charge >= 0.3 is 0 Å². The molecule has 1 unspecified atom stereocenters. The summed E-state index contributed by atoms with van der Waals surface area (Å²) < 4.78 is 45.1. The number of nitrogen functional groups attached to an aromatic ring is 1. The molecule has 0 aliphatic carbocycles. The van der Waals surface area contributed by atoms with Crippen LogP contribution in [0.1, 0.15) is 13.3 Å². The van der Waals surface area contributed by atoms with Crippen molar-refractivity contribution < 1.29 is 22.7 Å². The number of benzene rings is 1. The van der Waals surface area contributed by atoms with Gasteiger partial charge in [0.05, 0.1) is 10.1 Å². The number of sulfonamides is 1. The predicted molar refractivity (Wildman–Crippen MR) is 80.8 cm³/mol. The summed E-state index contributed by atoms with van der Waals surface area (Å²) in [5, 5.41) is 10.00. The quantitative estimate of drug-likeness (QED) is 0.613. The highest BCUT2D eigenvalue weighted by Crippen LogP contribution is 2.26. The molecule has 6 nitrogen and oxygen atoms in total. The van der Waals surface area contributed by atoms with Crippen molar-refractivity contribution in [2.45, 2.75) is 23.8 Å². The number of methoxy groups -OCH3 is 1. The zero-order chi connectivity index (χ0) is 16.3. The van der Waals surface area contributed by atoms with E-state index in [2.05, 4.69) is 20.7 Å². The van der Waals surface area contributed by atoms with E-state index >= 15 is 0 Å². The van der Waals surface area contributed by atoms with Crippen molar-refractivity contribution in [2.24, 2.45) is 0 Å². The van der Waals surface area contributed by atoms with E-state index in [0.29, 0.717) is 0 Å². The number of anilines is 1. The summed E-state index contributed by atoms with van der Waals surface area (Å²) in [7, 11) is -2.66. The van der Waals surface area contributed by atoms with Gasteiger partial charge in [-0.15, -0.1) is 0 Å². The summed E-state index contributed by atoms with van der Waals surface area (Å²) in [4.78, 5) is -0.572. The van der Waals surface area contributed by atoms with Gasteiger partial charge in [0, 0.05) is 32.4 Å². The lowest BCUT2D eigenvalue weighted by atomic mass is 10.0. The molecule has 0 bridgehead atoms. The molecule has 0 radical (unpaired) electrons. The van der Waals surface area contributed by atoms with E-state index in [1.165, 1.54) is 20.1 Å². The molecule has 9 heteroatoms. The number of aliphatic hydroxyl groups is 1. The highest BCUT2D eigenvalue weighted by molar-refractivity contribution is 9.10. The fourth-order valence-electron chi connectivity index (χ4n) is 1.52. The minimum absolute atomic E-state index is 0.0472. The Bertz CT molecular complexity index is 608. The molecule has 120 valence electrons. The van der Waals surface area contributed by atoms with Crippen molar-refractivity contribution >= 4 is 31.6 Å². The van der Waals surface area contributed by atoms with Gasteiger partial charge in [-0.2, -0.15) is 0 Å². The van der Waals surface area contributed by atoms with Crippen LogP contribution in [0.2, 0.25) is 0 Å². The van der Waals surface area contributed by atoms with Gasteiger partial charge in [0.1, 0.15) is 4.90 Å². The Hall–Kier alpha value is -0.740. The minimum atomic E-state index is -4.13. The van der Waals surface area contributed by atoms with Gasteiger partial charge in [-0.05, 0) is 35.0 Å². The number of hydrogen-bond acceptors (Lipinski definition) is 5. The minimum Gasteiger partial charge on any atom is -0.399 e.